The van der Waals surface area contributed by atoms with Gasteiger partial charge in [0.05, 0.1) is 5.92 Å². The maximum atomic E-state index is 13.7. The Hall–Kier alpha value is -2.15. The van der Waals surface area contributed by atoms with Gasteiger partial charge in [-0.15, -0.1) is 0 Å². The molecular formula is C22H26ClF3N2O2. The topological polar surface area (TPSA) is 52.6 Å². The van der Waals surface area contributed by atoms with Crippen molar-refractivity contribution in [3.63, 3.8) is 0 Å². The standard InChI is InChI=1S/C22H26ClF3N2O2/c1-13(29)19-17(12-16-10-6-7-11-18(16)23)21(30)28(19)14(2)27-20(22(24,25)26)15-8-4-3-5-9-15/h6-7,10-11,15,17,19-20,27,29H,1-5,8-9,12H2/t17-,19?,20?/m1/s1. The Balaban J connectivity index is 1.75. The van der Waals surface area contributed by atoms with Crippen molar-refractivity contribution in [3.05, 3.63) is 59.6 Å². The normalized spacial score (nSPS) is 23.6. The summed E-state index contributed by atoms with van der Waals surface area (Å²) in [4.78, 5) is 13.9. The molecule has 1 aliphatic heterocycles. The lowest BCUT2D eigenvalue weighted by Gasteiger charge is -2.48. The van der Waals surface area contributed by atoms with Crippen LogP contribution < -0.4 is 5.32 Å². The van der Waals surface area contributed by atoms with Crippen LogP contribution in [0.1, 0.15) is 37.7 Å². The Kier molecular flexibility index (Phi) is 6.70. The van der Waals surface area contributed by atoms with Gasteiger partial charge in [-0.3, -0.25) is 9.69 Å². The predicted molar refractivity (Wildman–Crippen MR) is 110 cm³/mol. The number of aliphatic hydroxyl groups excluding tert-OH is 1. The van der Waals surface area contributed by atoms with E-state index >= 15 is 0 Å². The Morgan fingerprint density at radius 2 is 1.87 bits per heavy atom. The van der Waals surface area contributed by atoms with Crippen LogP contribution in [0, 0.1) is 11.8 Å². The van der Waals surface area contributed by atoms with Gasteiger partial charge in [-0.25, -0.2) is 0 Å². The number of rotatable bonds is 7. The Labute approximate surface area is 179 Å². The average Bonchev–Trinajstić information content (AvgIpc) is 2.68. The van der Waals surface area contributed by atoms with Crippen molar-refractivity contribution in [1.82, 2.24) is 10.2 Å². The molecule has 1 heterocycles. The lowest BCUT2D eigenvalue weighted by atomic mass is 9.81. The number of β-lactam (4-membered cyclic amide) rings is 1. The number of alkyl halides is 3. The van der Waals surface area contributed by atoms with Crippen LogP contribution in [0.5, 0.6) is 0 Å². The molecule has 1 amide bonds. The molecular weight excluding hydrogens is 417 g/mol. The summed E-state index contributed by atoms with van der Waals surface area (Å²) in [6.07, 6.45) is -0.830. The molecule has 3 rings (SSSR count). The number of hydrogen-bond acceptors (Lipinski definition) is 3. The summed E-state index contributed by atoms with van der Waals surface area (Å²) in [7, 11) is 0. The fourth-order valence-corrected chi connectivity index (χ4v) is 4.73. The molecule has 164 valence electrons. The first-order chi connectivity index (χ1) is 14.1. The minimum Gasteiger partial charge on any atom is -0.511 e. The third-order valence-electron chi connectivity index (χ3n) is 6.04. The molecule has 1 saturated heterocycles. The van der Waals surface area contributed by atoms with Crippen LogP contribution >= 0.6 is 11.6 Å². The predicted octanol–water partition coefficient (Wildman–Crippen LogP) is 5.35. The third kappa shape index (κ3) is 4.61. The van der Waals surface area contributed by atoms with Crippen LogP contribution in [0.15, 0.2) is 49.0 Å². The van der Waals surface area contributed by atoms with Gasteiger partial charge in [-0.05, 0) is 36.8 Å². The molecule has 0 spiro atoms. The van der Waals surface area contributed by atoms with Crippen LogP contribution in [-0.4, -0.2) is 34.2 Å². The second-order valence-electron chi connectivity index (χ2n) is 8.05. The maximum absolute atomic E-state index is 13.7. The highest BCUT2D eigenvalue weighted by Gasteiger charge is 2.52. The monoisotopic (exact) mass is 442 g/mol. The number of halogens is 4. The summed E-state index contributed by atoms with van der Waals surface area (Å²) in [5.41, 5.74) is 0.720. The summed E-state index contributed by atoms with van der Waals surface area (Å²) in [6.45, 7) is 7.20. The first-order valence-corrected chi connectivity index (χ1v) is 10.5. The van der Waals surface area contributed by atoms with E-state index in [9.17, 15) is 23.1 Å². The number of amides is 1. The first kappa shape index (κ1) is 22.5. The summed E-state index contributed by atoms with van der Waals surface area (Å²) in [5.74, 6) is -2.11. The zero-order chi connectivity index (χ0) is 22.1. The molecule has 8 heteroatoms. The quantitative estimate of drug-likeness (QED) is 0.442. The van der Waals surface area contributed by atoms with Crippen LogP contribution in [0.2, 0.25) is 5.02 Å². The van der Waals surface area contributed by atoms with Gasteiger partial charge in [0, 0.05) is 5.02 Å². The molecule has 1 saturated carbocycles. The van der Waals surface area contributed by atoms with Gasteiger partial charge in [-0.2, -0.15) is 13.2 Å². The molecule has 0 radical (unpaired) electrons. The number of carbonyl (C=O) groups excluding carboxylic acids is 1. The van der Waals surface area contributed by atoms with Gasteiger partial charge >= 0.3 is 6.18 Å². The van der Waals surface area contributed by atoms with E-state index in [4.69, 9.17) is 11.6 Å². The van der Waals surface area contributed by atoms with Gasteiger partial charge in [0.25, 0.3) is 0 Å². The van der Waals surface area contributed by atoms with E-state index in [2.05, 4.69) is 18.5 Å². The molecule has 30 heavy (non-hydrogen) atoms. The summed E-state index contributed by atoms with van der Waals surface area (Å²) in [5, 5.41) is 13.0. The molecule has 2 fully saturated rings. The molecule has 4 nitrogen and oxygen atoms in total. The molecule has 2 N–H and O–H groups in total. The van der Waals surface area contributed by atoms with Crippen molar-refractivity contribution in [3.8, 4) is 0 Å². The Bertz CT molecular complexity index is 821. The van der Waals surface area contributed by atoms with E-state index in [1.807, 2.05) is 0 Å². The maximum Gasteiger partial charge on any atom is 0.408 e. The molecule has 1 aromatic carbocycles. The highest BCUT2D eigenvalue weighted by Crippen LogP contribution is 2.39. The van der Waals surface area contributed by atoms with Crippen molar-refractivity contribution in [2.75, 3.05) is 0 Å². The van der Waals surface area contributed by atoms with Crippen molar-refractivity contribution < 1.29 is 23.1 Å². The van der Waals surface area contributed by atoms with E-state index in [1.54, 1.807) is 24.3 Å². The van der Waals surface area contributed by atoms with Crippen LogP contribution in [0.25, 0.3) is 0 Å². The van der Waals surface area contributed by atoms with Gasteiger partial charge in [0.1, 0.15) is 23.7 Å². The van der Waals surface area contributed by atoms with Crippen LogP contribution in [0.3, 0.4) is 0 Å². The zero-order valence-corrected chi connectivity index (χ0v) is 17.3. The molecule has 0 bridgehead atoms. The van der Waals surface area contributed by atoms with Crippen LogP contribution in [-0.2, 0) is 11.2 Å². The summed E-state index contributed by atoms with van der Waals surface area (Å²) < 4.78 is 41.2. The van der Waals surface area contributed by atoms with Gasteiger partial charge in [0.2, 0.25) is 5.91 Å². The minimum absolute atomic E-state index is 0.163. The van der Waals surface area contributed by atoms with Crippen molar-refractivity contribution >= 4 is 17.5 Å². The first-order valence-electron chi connectivity index (χ1n) is 10.1. The number of benzene rings is 1. The third-order valence-corrected chi connectivity index (χ3v) is 6.41. The van der Waals surface area contributed by atoms with Crippen LogP contribution in [0.4, 0.5) is 13.2 Å². The lowest BCUT2D eigenvalue weighted by molar-refractivity contribution is -0.173. The number of likely N-dealkylation sites (tertiary alicyclic amines) is 1. The number of nitrogens with zero attached hydrogens (tertiary/aromatic N) is 1. The number of nitrogens with one attached hydrogen (secondary N) is 1. The van der Waals surface area contributed by atoms with Crippen molar-refractivity contribution in [1.29, 1.82) is 0 Å². The lowest BCUT2D eigenvalue weighted by Crippen LogP contribution is -2.64. The van der Waals surface area contributed by atoms with Gasteiger partial charge in [-0.1, -0.05) is 62.2 Å². The smallest absolute Gasteiger partial charge is 0.408 e. The number of hydrogen-bond donors (Lipinski definition) is 2. The SMILES string of the molecule is C=C(O)C1[C@@H](Cc2ccccc2Cl)C(=O)N1C(=C)NC(C1CCCCC1)C(F)(F)F. The van der Waals surface area contributed by atoms with E-state index in [-0.39, 0.29) is 18.0 Å². The molecule has 2 aliphatic rings. The molecule has 1 aromatic rings. The highest BCUT2D eigenvalue weighted by molar-refractivity contribution is 6.31. The second kappa shape index (κ2) is 8.92. The highest BCUT2D eigenvalue weighted by atomic mass is 35.5. The van der Waals surface area contributed by atoms with Gasteiger partial charge in [0.15, 0.2) is 0 Å². The molecule has 2 unspecified atom stereocenters. The largest absolute Gasteiger partial charge is 0.511 e. The average molecular weight is 443 g/mol. The molecule has 3 atom stereocenters. The minimum atomic E-state index is -4.47. The Morgan fingerprint density at radius 3 is 2.43 bits per heavy atom. The van der Waals surface area contributed by atoms with E-state index in [0.717, 1.165) is 29.7 Å². The molecule has 1 aliphatic carbocycles. The fourth-order valence-electron chi connectivity index (χ4n) is 4.51. The molecule has 0 aromatic heterocycles. The van der Waals surface area contributed by atoms with E-state index < -0.39 is 36.0 Å². The summed E-state index contributed by atoms with van der Waals surface area (Å²) >= 11 is 6.16. The summed E-state index contributed by atoms with van der Waals surface area (Å²) in [6, 6.07) is 4.37. The van der Waals surface area contributed by atoms with Gasteiger partial charge < -0.3 is 10.4 Å². The zero-order valence-electron chi connectivity index (χ0n) is 16.6. The van der Waals surface area contributed by atoms with E-state index in [0.29, 0.717) is 17.9 Å². The fraction of sp³-hybridized carbons (Fsp3) is 0.500. The second-order valence-corrected chi connectivity index (χ2v) is 8.46. The number of aliphatic hydroxyl groups is 1. The number of carbonyl (C=O) groups is 1. The van der Waals surface area contributed by atoms with Crippen molar-refractivity contribution in [2.24, 2.45) is 11.8 Å². The van der Waals surface area contributed by atoms with E-state index in [1.165, 1.54) is 0 Å². The Morgan fingerprint density at radius 1 is 1.23 bits per heavy atom. The van der Waals surface area contributed by atoms with Crippen molar-refractivity contribution in [2.45, 2.75) is 56.8 Å².